The third kappa shape index (κ3) is 3.50. The highest BCUT2D eigenvalue weighted by Gasteiger charge is 2.23. The lowest BCUT2D eigenvalue weighted by atomic mass is 9.91. The molecule has 1 aliphatic carbocycles. The summed E-state index contributed by atoms with van der Waals surface area (Å²) in [4.78, 5) is 16.6. The van der Waals surface area contributed by atoms with Crippen LogP contribution in [-0.4, -0.2) is 21.3 Å². The summed E-state index contributed by atoms with van der Waals surface area (Å²) >= 11 is 1.73. The zero-order valence-corrected chi connectivity index (χ0v) is 12.6. The maximum atomic E-state index is 11.4. The van der Waals surface area contributed by atoms with Gasteiger partial charge in [-0.3, -0.25) is 4.98 Å². The number of nitrogens with zero attached hydrogens (tertiary/aromatic N) is 1. The van der Waals surface area contributed by atoms with Crippen LogP contribution in [0.5, 0.6) is 0 Å². The van der Waals surface area contributed by atoms with Gasteiger partial charge in [0.25, 0.3) is 0 Å². The number of aryl methyl sites for hydroxylation is 2. The topological polar surface area (TPSA) is 50.2 Å². The van der Waals surface area contributed by atoms with Crippen molar-refractivity contribution in [1.82, 2.24) is 4.98 Å². The predicted octanol–water partition coefficient (Wildman–Crippen LogP) is 4.07. The molecule has 1 heterocycles. The molecule has 2 atom stereocenters. The SMILES string of the molecule is Cc1cc(SC2CCCC(C)C2)c(C(=O)O)c(C)n1. The van der Waals surface area contributed by atoms with E-state index in [1.165, 1.54) is 25.7 Å². The summed E-state index contributed by atoms with van der Waals surface area (Å²) in [5.74, 6) is -0.111. The van der Waals surface area contributed by atoms with Gasteiger partial charge in [-0.15, -0.1) is 11.8 Å². The predicted molar refractivity (Wildman–Crippen MR) is 77.9 cm³/mol. The van der Waals surface area contributed by atoms with Crippen LogP contribution in [0.1, 0.15) is 54.4 Å². The molecular formula is C15H21NO2S. The van der Waals surface area contributed by atoms with Crippen molar-refractivity contribution in [3.63, 3.8) is 0 Å². The zero-order valence-electron chi connectivity index (χ0n) is 11.8. The van der Waals surface area contributed by atoms with E-state index in [1.54, 1.807) is 18.7 Å². The van der Waals surface area contributed by atoms with Crippen LogP contribution in [0.2, 0.25) is 0 Å². The van der Waals surface area contributed by atoms with Crippen molar-refractivity contribution in [2.75, 3.05) is 0 Å². The Labute approximate surface area is 118 Å². The van der Waals surface area contributed by atoms with Gasteiger partial charge in [-0.1, -0.05) is 19.8 Å². The van der Waals surface area contributed by atoms with Gasteiger partial charge in [0.15, 0.2) is 0 Å². The van der Waals surface area contributed by atoms with Crippen molar-refractivity contribution < 1.29 is 9.90 Å². The standard InChI is InChI=1S/C15H21NO2S/c1-9-5-4-6-12(7-9)19-13-8-10(2)16-11(3)14(13)15(17)18/h8-9,12H,4-7H2,1-3H3,(H,17,18). The molecule has 0 radical (unpaired) electrons. The lowest BCUT2D eigenvalue weighted by Crippen LogP contribution is -2.16. The second-order valence-corrected chi connectivity index (χ2v) is 6.88. The zero-order chi connectivity index (χ0) is 14.0. The molecule has 1 fully saturated rings. The van der Waals surface area contributed by atoms with Crippen LogP contribution in [0.25, 0.3) is 0 Å². The minimum Gasteiger partial charge on any atom is -0.478 e. The van der Waals surface area contributed by atoms with E-state index >= 15 is 0 Å². The number of thioether (sulfide) groups is 1. The van der Waals surface area contributed by atoms with E-state index in [0.717, 1.165) is 16.5 Å². The van der Waals surface area contributed by atoms with E-state index in [0.29, 0.717) is 16.5 Å². The average molecular weight is 279 g/mol. The van der Waals surface area contributed by atoms with Gasteiger partial charge in [-0.25, -0.2) is 4.79 Å². The largest absolute Gasteiger partial charge is 0.478 e. The second-order valence-electron chi connectivity index (χ2n) is 5.54. The first-order valence-corrected chi connectivity index (χ1v) is 7.73. The lowest BCUT2D eigenvalue weighted by molar-refractivity contribution is 0.0691. The number of aromatic nitrogens is 1. The number of hydrogen-bond donors (Lipinski definition) is 1. The molecule has 1 saturated carbocycles. The Morgan fingerprint density at radius 3 is 2.79 bits per heavy atom. The smallest absolute Gasteiger partial charge is 0.338 e. The number of rotatable bonds is 3. The van der Waals surface area contributed by atoms with E-state index in [2.05, 4.69) is 11.9 Å². The molecule has 0 aliphatic heterocycles. The fourth-order valence-electron chi connectivity index (χ4n) is 2.81. The van der Waals surface area contributed by atoms with Gasteiger partial charge in [0.2, 0.25) is 0 Å². The number of carboxylic acid groups (broad SMARTS) is 1. The molecule has 104 valence electrons. The highest BCUT2D eigenvalue weighted by molar-refractivity contribution is 8.00. The maximum Gasteiger partial charge on any atom is 0.338 e. The van der Waals surface area contributed by atoms with Crippen LogP contribution >= 0.6 is 11.8 Å². The fraction of sp³-hybridized carbons (Fsp3) is 0.600. The van der Waals surface area contributed by atoms with Crippen molar-refractivity contribution in [3.8, 4) is 0 Å². The normalized spacial score (nSPS) is 23.3. The Balaban J connectivity index is 2.25. The van der Waals surface area contributed by atoms with Crippen LogP contribution in [0.15, 0.2) is 11.0 Å². The number of carboxylic acids is 1. The Morgan fingerprint density at radius 1 is 1.42 bits per heavy atom. The molecule has 1 aliphatic rings. The third-order valence-corrected chi connectivity index (χ3v) is 5.03. The minimum absolute atomic E-state index is 0.383. The van der Waals surface area contributed by atoms with Crippen molar-refractivity contribution in [2.45, 2.75) is 56.6 Å². The fourth-order valence-corrected chi connectivity index (χ4v) is 4.47. The van der Waals surface area contributed by atoms with Crippen LogP contribution in [0, 0.1) is 19.8 Å². The molecule has 2 rings (SSSR count). The average Bonchev–Trinajstić information content (AvgIpc) is 2.26. The highest BCUT2D eigenvalue weighted by atomic mass is 32.2. The molecule has 2 unspecified atom stereocenters. The van der Waals surface area contributed by atoms with E-state index in [1.807, 2.05) is 13.0 Å². The van der Waals surface area contributed by atoms with Gasteiger partial charge in [0.1, 0.15) is 0 Å². The molecule has 1 N–H and O–H groups in total. The monoisotopic (exact) mass is 279 g/mol. The first-order chi connectivity index (χ1) is 8.97. The summed E-state index contributed by atoms with van der Waals surface area (Å²) in [5.41, 5.74) is 1.90. The van der Waals surface area contributed by atoms with E-state index in [4.69, 9.17) is 0 Å². The number of carbonyl (C=O) groups is 1. The Hall–Kier alpha value is -1.03. The molecule has 1 aromatic rings. The van der Waals surface area contributed by atoms with E-state index < -0.39 is 5.97 Å². The minimum atomic E-state index is -0.864. The van der Waals surface area contributed by atoms with Gasteiger partial charge in [-0.05, 0) is 38.7 Å². The van der Waals surface area contributed by atoms with Crippen molar-refractivity contribution >= 4 is 17.7 Å². The van der Waals surface area contributed by atoms with Crippen LogP contribution in [0.4, 0.5) is 0 Å². The van der Waals surface area contributed by atoms with Crippen LogP contribution in [-0.2, 0) is 0 Å². The van der Waals surface area contributed by atoms with Crippen molar-refractivity contribution in [3.05, 3.63) is 23.0 Å². The van der Waals surface area contributed by atoms with Gasteiger partial charge >= 0.3 is 5.97 Å². The lowest BCUT2D eigenvalue weighted by Gasteiger charge is -2.26. The molecule has 0 aromatic carbocycles. The van der Waals surface area contributed by atoms with Crippen LogP contribution < -0.4 is 0 Å². The van der Waals surface area contributed by atoms with Gasteiger partial charge in [0.05, 0.1) is 11.3 Å². The first kappa shape index (κ1) is 14.4. The van der Waals surface area contributed by atoms with Crippen molar-refractivity contribution in [1.29, 1.82) is 0 Å². The number of pyridine rings is 1. The molecule has 0 saturated heterocycles. The second kappa shape index (κ2) is 5.95. The highest BCUT2D eigenvalue weighted by Crippen LogP contribution is 2.38. The quantitative estimate of drug-likeness (QED) is 0.906. The molecule has 1 aromatic heterocycles. The molecule has 0 bridgehead atoms. The Morgan fingerprint density at radius 2 is 2.16 bits per heavy atom. The third-order valence-electron chi connectivity index (χ3n) is 3.69. The molecule has 0 spiro atoms. The molecule has 19 heavy (non-hydrogen) atoms. The molecular weight excluding hydrogens is 258 g/mol. The van der Waals surface area contributed by atoms with Gasteiger partial charge in [-0.2, -0.15) is 0 Å². The number of aromatic carboxylic acids is 1. The number of hydrogen-bond acceptors (Lipinski definition) is 3. The summed E-state index contributed by atoms with van der Waals surface area (Å²) in [6.07, 6.45) is 4.93. The van der Waals surface area contributed by atoms with Crippen molar-refractivity contribution in [2.24, 2.45) is 5.92 Å². The van der Waals surface area contributed by atoms with Crippen LogP contribution in [0.3, 0.4) is 0 Å². The van der Waals surface area contributed by atoms with E-state index in [9.17, 15) is 9.90 Å². The molecule has 0 amide bonds. The summed E-state index contributed by atoms with van der Waals surface area (Å²) in [6.45, 7) is 5.99. The Bertz CT molecular complexity index is 487. The molecule has 4 heteroatoms. The maximum absolute atomic E-state index is 11.4. The summed E-state index contributed by atoms with van der Waals surface area (Å²) in [6, 6.07) is 1.92. The van der Waals surface area contributed by atoms with Gasteiger partial charge in [0, 0.05) is 15.8 Å². The summed E-state index contributed by atoms with van der Waals surface area (Å²) in [5, 5.41) is 9.91. The molecule has 3 nitrogen and oxygen atoms in total. The van der Waals surface area contributed by atoms with E-state index in [-0.39, 0.29) is 0 Å². The Kier molecular flexibility index (Phi) is 4.50. The summed E-state index contributed by atoms with van der Waals surface area (Å²) in [7, 11) is 0. The first-order valence-electron chi connectivity index (χ1n) is 6.85. The summed E-state index contributed by atoms with van der Waals surface area (Å²) < 4.78 is 0. The van der Waals surface area contributed by atoms with Gasteiger partial charge < -0.3 is 5.11 Å².